The van der Waals surface area contributed by atoms with E-state index in [1.54, 1.807) is 0 Å². The van der Waals surface area contributed by atoms with Gasteiger partial charge in [-0.25, -0.2) is 9.59 Å². The highest BCUT2D eigenvalue weighted by atomic mass is 32.2. The lowest BCUT2D eigenvalue weighted by atomic mass is 9.94. The van der Waals surface area contributed by atoms with Gasteiger partial charge in [-0.1, -0.05) is 12.1 Å². The molecular weight excluding hydrogens is 435 g/mol. The van der Waals surface area contributed by atoms with Gasteiger partial charge < -0.3 is 15.0 Å². The molecule has 7 nitrogen and oxygen atoms in total. The van der Waals surface area contributed by atoms with Gasteiger partial charge in [-0.2, -0.15) is 18.4 Å². The van der Waals surface area contributed by atoms with Crippen LogP contribution in [0.25, 0.3) is 0 Å². The number of carboxylic acids is 1. The third-order valence-electron chi connectivity index (χ3n) is 4.70. The number of hydrogen-bond acceptors (Lipinski definition) is 5. The lowest BCUT2D eigenvalue weighted by Crippen LogP contribution is -2.48. The van der Waals surface area contributed by atoms with Gasteiger partial charge in [-0.15, -0.1) is 0 Å². The SMILES string of the molecule is CC1=C(C(=O)O)[C@@H](c2ccc(C#N)cc2SO)NC(=O)N1c1cccc(C(F)(F)F)c1. The fourth-order valence-electron chi connectivity index (χ4n) is 3.31. The number of halogens is 3. The highest BCUT2D eigenvalue weighted by molar-refractivity contribution is 7.93. The summed E-state index contributed by atoms with van der Waals surface area (Å²) in [6, 6.07) is 7.95. The number of aliphatic carboxylic acids is 1. The normalized spacial score (nSPS) is 16.7. The largest absolute Gasteiger partial charge is 0.478 e. The molecule has 0 aromatic heterocycles. The fraction of sp³-hybridized carbons (Fsp3) is 0.150. The lowest BCUT2D eigenvalue weighted by Gasteiger charge is -2.35. The number of hydrogen-bond donors (Lipinski definition) is 3. The van der Waals surface area contributed by atoms with Crippen LogP contribution in [0.15, 0.2) is 58.6 Å². The molecule has 0 spiro atoms. The number of benzene rings is 2. The molecule has 2 aromatic rings. The van der Waals surface area contributed by atoms with E-state index in [4.69, 9.17) is 5.26 Å². The summed E-state index contributed by atoms with van der Waals surface area (Å²) in [6.45, 7) is 1.31. The van der Waals surface area contributed by atoms with Crippen molar-refractivity contribution in [2.75, 3.05) is 4.90 Å². The van der Waals surface area contributed by atoms with Crippen molar-refractivity contribution in [2.45, 2.75) is 24.0 Å². The summed E-state index contributed by atoms with van der Waals surface area (Å²) >= 11 is 0.280. The van der Waals surface area contributed by atoms with Crippen molar-refractivity contribution in [1.29, 1.82) is 5.26 Å². The maximum Gasteiger partial charge on any atom is 0.416 e. The van der Waals surface area contributed by atoms with Crippen LogP contribution in [0.1, 0.15) is 29.7 Å². The first-order valence-electron chi connectivity index (χ1n) is 8.66. The average molecular weight is 449 g/mol. The number of rotatable bonds is 4. The van der Waals surface area contributed by atoms with Crippen LogP contribution < -0.4 is 10.2 Å². The molecule has 1 aliphatic rings. The highest BCUT2D eigenvalue weighted by Crippen LogP contribution is 2.38. The number of nitriles is 1. The van der Waals surface area contributed by atoms with Crippen LogP contribution in [0.5, 0.6) is 0 Å². The molecule has 0 bridgehead atoms. The third kappa shape index (κ3) is 4.21. The van der Waals surface area contributed by atoms with Gasteiger partial charge in [0.25, 0.3) is 0 Å². The van der Waals surface area contributed by atoms with Crippen molar-refractivity contribution < 1.29 is 32.4 Å². The summed E-state index contributed by atoms with van der Waals surface area (Å²) in [6.07, 6.45) is -4.65. The molecule has 3 N–H and O–H groups in total. The van der Waals surface area contributed by atoms with Gasteiger partial charge in [0, 0.05) is 22.6 Å². The van der Waals surface area contributed by atoms with Gasteiger partial charge in [0.2, 0.25) is 0 Å². The van der Waals surface area contributed by atoms with E-state index in [1.807, 2.05) is 6.07 Å². The molecule has 0 saturated carbocycles. The first-order chi connectivity index (χ1) is 14.6. The van der Waals surface area contributed by atoms with E-state index in [0.717, 1.165) is 23.1 Å². The van der Waals surface area contributed by atoms with Crippen molar-refractivity contribution in [3.8, 4) is 6.07 Å². The monoisotopic (exact) mass is 449 g/mol. The van der Waals surface area contributed by atoms with E-state index >= 15 is 0 Å². The number of anilines is 1. The van der Waals surface area contributed by atoms with Gasteiger partial charge in [0.1, 0.15) is 0 Å². The quantitative estimate of drug-likeness (QED) is 0.580. The maximum atomic E-state index is 13.1. The van der Waals surface area contributed by atoms with Gasteiger partial charge in [-0.05, 0) is 42.8 Å². The Morgan fingerprint density at radius 3 is 2.55 bits per heavy atom. The van der Waals surface area contributed by atoms with Crippen molar-refractivity contribution in [1.82, 2.24) is 5.32 Å². The van der Waals surface area contributed by atoms with Gasteiger partial charge >= 0.3 is 18.2 Å². The molecule has 1 atom stereocenters. The molecule has 31 heavy (non-hydrogen) atoms. The summed E-state index contributed by atoms with van der Waals surface area (Å²) in [5.74, 6) is -1.40. The molecule has 11 heteroatoms. The molecule has 0 aliphatic carbocycles. The van der Waals surface area contributed by atoms with E-state index in [2.05, 4.69) is 5.32 Å². The molecule has 0 fully saturated rings. The molecule has 160 valence electrons. The van der Waals surface area contributed by atoms with E-state index in [9.17, 15) is 32.4 Å². The molecule has 1 aliphatic heterocycles. The van der Waals surface area contributed by atoms with Crippen LogP contribution in [0.4, 0.5) is 23.7 Å². The Morgan fingerprint density at radius 1 is 1.26 bits per heavy atom. The summed E-state index contributed by atoms with van der Waals surface area (Å²) < 4.78 is 48.8. The molecule has 0 radical (unpaired) electrons. The van der Waals surface area contributed by atoms with Crippen LogP contribution in [0, 0.1) is 11.3 Å². The standard InChI is InChI=1S/C20H14F3N3O4S/c1-10-16(18(27)28)17(14-6-5-11(9-24)7-15(14)31-30)25-19(29)26(10)13-4-2-3-12(8-13)20(21,22)23/h2-8,17,30H,1H3,(H,25,29)(H,27,28)/t17-/m1/s1. The number of carbonyl (C=O) groups excluding carboxylic acids is 1. The first-order valence-corrected chi connectivity index (χ1v) is 9.43. The Hall–Kier alpha value is -3.49. The van der Waals surface area contributed by atoms with Gasteiger partial charge in [-0.3, -0.25) is 4.90 Å². The minimum atomic E-state index is -4.65. The zero-order valence-electron chi connectivity index (χ0n) is 15.8. The molecular formula is C20H14F3N3O4S. The number of urea groups is 1. The summed E-state index contributed by atoms with van der Waals surface area (Å²) in [4.78, 5) is 25.9. The summed E-state index contributed by atoms with van der Waals surface area (Å²) in [5, 5.41) is 21.3. The van der Waals surface area contributed by atoms with Crippen LogP contribution >= 0.6 is 12.0 Å². The van der Waals surface area contributed by atoms with Crippen molar-refractivity contribution in [3.05, 3.63) is 70.4 Å². The van der Waals surface area contributed by atoms with Crippen molar-refractivity contribution >= 4 is 29.7 Å². The summed E-state index contributed by atoms with van der Waals surface area (Å²) in [7, 11) is 0. The zero-order valence-corrected chi connectivity index (χ0v) is 16.6. The van der Waals surface area contributed by atoms with E-state index in [1.165, 1.54) is 31.2 Å². The Bertz CT molecular complexity index is 1140. The van der Waals surface area contributed by atoms with Crippen LogP contribution in [0.3, 0.4) is 0 Å². The Labute approximate surface area is 178 Å². The predicted molar refractivity (Wildman–Crippen MR) is 105 cm³/mol. The fourth-order valence-corrected chi connectivity index (χ4v) is 3.78. The number of carbonyl (C=O) groups is 2. The van der Waals surface area contributed by atoms with E-state index in [0.29, 0.717) is 0 Å². The van der Waals surface area contributed by atoms with Crippen molar-refractivity contribution in [3.63, 3.8) is 0 Å². The topological polar surface area (TPSA) is 114 Å². The summed E-state index contributed by atoms with van der Waals surface area (Å²) in [5.41, 5.74) is -1.09. The molecule has 3 rings (SSSR count). The second-order valence-corrected chi connectivity index (χ2v) is 7.15. The average Bonchev–Trinajstić information content (AvgIpc) is 2.72. The lowest BCUT2D eigenvalue weighted by molar-refractivity contribution is -0.137. The zero-order chi connectivity index (χ0) is 22.9. The Balaban J connectivity index is 2.16. The van der Waals surface area contributed by atoms with E-state index in [-0.39, 0.29) is 45.0 Å². The third-order valence-corrected chi connectivity index (χ3v) is 5.25. The van der Waals surface area contributed by atoms with Gasteiger partial charge in [0.15, 0.2) is 0 Å². The molecule has 1 heterocycles. The van der Waals surface area contributed by atoms with E-state index < -0.39 is 29.8 Å². The maximum absolute atomic E-state index is 13.1. The number of amides is 2. The second kappa shape index (κ2) is 8.33. The highest BCUT2D eigenvalue weighted by Gasteiger charge is 2.38. The predicted octanol–water partition coefficient (Wildman–Crippen LogP) is 4.77. The van der Waals surface area contributed by atoms with Gasteiger partial charge in [0.05, 0.1) is 34.5 Å². The number of alkyl halides is 3. The van der Waals surface area contributed by atoms with Crippen LogP contribution in [-0.4, -0.2) is 21.7 Å². The minimum absolute atomic E-state index is 0.0844. The number of nitrogens with zero attached hydrogens (tertiary/aromatic N) is 2. The molecule has 0 unspecified atom stereocenters. The second-order valence-electron chi connectivity index (χ2n) is 6.53. The minimum Gasteiger partial charge on any atom is -0.478 e. The molecule has 2 amide bonds. The Kier molecular flexibility index (Phi) is 5.97. The van der Waals surface area contributed by atoms with Crippen LogP contribution in [0.2, 0.25) is 0 Å². The molecule has 2 aromatic carbocycles. The first kappa shape index (κ1) is 22.2. The number of allylic oxidation sites excluding steroid dienone is 1. The van der Waals surface area contributed by atoms with Crippen LogP contribution in [-0.2, 0) is 11.0 Å². The number of carboxylic acid groups (broad SMARTS) is 1. The van der Waals surface area contributed by atoms with Crippen molar-refractivity contribution in [2.24, 2.45) is 0 Å². The Morgan fingerprint density at radius 2 is 1.97 bits per heavy atom. The molecule has 0 saturated heterocycles. The smallest absolute Gasteiger partial charge is 0.416 e. The number of nitrogens with one attached hydrogen (secondary N) is 1.